The van der Waals surface area contributed by atoms with E-state index >= 15 is 0 Å². The maximum atomic E-state index is 13.9. The molecule has 0 bridgehead atoms. The van der Waals surface area contributed by atoms with Crippen LogP contribution in [0, 0.1) is 11.8 Å². The standard InChI is InChI=1S/C30H36N4O4S2/c1-6-38-26-11-9-12-27-28(26)32-30(39-27)34(20-24-10-7-8-17-31-24)29(35)23-13-15-25(16-14-23)40(36,37)33(18-21(2)3)19-22(4)5/h7-17,21-22H,6,18-20H2,1-5H3. The lowest BCUT2D eigenvalue weighted by Crippen LogP contribution is -2.37. The summed E-state index contributed by atoms with van der Waals surface area (Å²) in [5.41, 5.74) is 1.76. The Morgan fingerprint density at radius 3 is 2.25 bits per heavy atom. The Kier molecular flexibility index (Phi) is 9.55. The quantitative estimate of drug-likeness (QED) is 0.197. The van der Waals surface area contributed by atoms with E-state index in [1.54, 1.807) is 23.2 Å². The van der Waals surface area contributed by atoms with E-state index in [0.717, 1.165) is 4.70 Å². The number of hydrogen-bond acceptors (Lipinski definition) is 7. The molecule has 0 atom stereocenters. The zero-order valence-corrected chi connectivity index (χ0v) is 25.2. The molecule has 10 heteroatoms. The number of amides is 1. The molecule has 2 aromatic carbocycles. The minimum absolute atomic E-state index is 0.169. The smallest absolute Gasteiger partial charge is 0.260 e. The number of pyridine rings is 1. The molecule has 0 aliphatic rings. The van der Waals surface area contributed by atoms with Crippen LogP contribution < -0.4 is 9.64 Å². The minimum atomic E-state index is -3.71. The van der Waals surface area contributed by atoms with Crippen LogP contribution in [-0.2, 0) is 16.6 Å². The Morgan fingerprint density at radius 1 is 0.950 bits per heavy atom. The molecule has 0 unspecified atom stereocenters. The summed E-state index contributed by atoms with van der Waals surface area (Å²) >= 11 is 1.39. The molecule has 4 rings (SSSR count). The van der Waals surface area contributed by atoms with Crippen LogP contribution in [0.5, 0.6) is 5.75 Å². The second-order valence-electron chi connectivity index (χ2n) is 10.4. The predicted molar refractivity (Wildman–Crippen MR) is 160 cm³/mol. The van der Waals surface area contributed by atoms with Gasteiger partial charge in [0, 0.05) is 24.8 Å². The molecule has 0 radical (unpaired) electrons. The molecule has 0 saturated heterocycles. The molecule has 0 aliphatic heterocycles. The van der Waals surface area contributed by atoms with Crippen molar-refractivity contribution < 1.29 is 17.9 Å². The average Bonchev–Trinajstić information content (AvgIpc) is 3.36. The van der Waals surface area contributed by atoms with Crippen molar-refractivity contribution >= 4 is 42.6 Å². The molecule has 0 spiro atoms. The molecule has 0 aliphatic carbocycles. The molecule has 2 aromatic heterocycles. The van der Waals surface area contributed by atoms with Gasteiger partial charge in [-0.05, 0) is 67.3 Å². The van der Waals surface area contributed by atoms with E-state index in [1.165, 1.54) is 27.8 Å². The average molecular weight is 581 g/mol. The number of ether oxygens (including phenoxy) is 1. The highest BCUT2D eigenvalue weighted by atomic mass is 32.2. The van der Waals surface area contributed by atoms with Crippen molar-refractivity contribution in [3.8, 4) is 5.75 Å². The van der Waals surface area contributed by atoms with Crippen LogP contribution in [0.15, 0.2) is 71.8 Å². The van der Waals surface area contributed by atoms with Gasteiger partial charge in [-0.25, -0.2) is 13.4 Å². The minimum Gasteiger partial charge on any atom is -0.492 e. The molecule has 0 saturated carbocycles. The number of para-hydroxylation sites is 1. The van der Waals surface area contributed by atoms with Crippen LogP contribution in [0.2, 0.25) is 0 Å². The van der Waals surface area contributed by atoms with Gasteiger partial charge in [-0.1, -0.05) is 51.2 Å². The van der Waals surface area contributed by atoms with Crippen molar-refractivity contribution in [1.82, 2.24) is 14.3 Å². The first-order valence-corrected chi connectivity index (χ1v) is 15.7. The van der Waals surface area contributed by atoms with E-state index in [0.29, 0.717) is 47.4 Å². The molecule has 0 N–H and O–H groups in total. The Hall–Kier alpha value is -3.34. The summed E-state index contributed by atoms with van der Waals surface area (Å²) in [7, 11) is -3.71. The van der Waals surface area contributed by atoms with Gasteiger partial charge in [-0.15, -0.1) is 0 Å². The molecular weight excluding hydrogens is 544 g/mol. The Morgan fingerprint density at radius 2 is 1.65 bits per heavy atom. The zero-order chi connectivity index (χ0) is 28.9. The normalized spacial score (nSPS) is 12.0. The van der Waals surface area contributed by atoms with Gasteiger partial charge in [0.1, 0.15) is 11.3 Å². The third-order valence-corrected chi connectivity index (χ3v) is 8.96. The lowest BCUT2D eigenvalue weighted by Gasteiger charge is -2.26. The second kappa shape index (κ2) is 12.9. The Labute approximate surface area is 240 Å². The van der Waals surface area contributed by atoms with Gasteiger partial charge < -0.3 is 4.74 Å². The first kappa shape index (κ1) is 29.6. The summed E-state index contributed by atoms with van der Waals surface area (Å²) in [6.45, 7) is 11.5. The third kappa shape index (κ3) is 6.86. The number of aromatic nitrogens is 2. The summed E-state index contributed by atoms with van der Waals surface area (Å²) in [4.78, 5) is 24.8. The van der Waals surface area contributed by atoms with Gasteiger partial charge in [0.2, 0.25) is 10.0 Å². The zero-order valence-electron chi connectivity index (χ0n) is 23.6. The summed E-state index contributed by atoms with van der Waals surface area (Å²) in [5.74, 6) is 0.737. The maximum absolute atomic E-state index is 13.9. The SMILES string of the molecule is CCOc1cccc2sc(N(Cc3ccccn3)C(=O)c3ccc(S(=O)(=O)N(CC(C)C)CC(C)C)cc3)nc12. The first-order chi connectivity index (χ1) is 19.1. The molecule has 8 nitrogen and oxygen atoms in total. The van der Waals surface area contributed by atoms with E-state index in [9.17, 15) is 13.2 Å². The molecule has 0 fully saturated rings. The Balaban J connectivity index is 1.69. The molecule has 40 heavy (non-hydrogen) atoms. The number of nitrogens with zero attached hydrogens (tertiary/aromatic N) is 4. The molecule has 2 heterocycles. The van der Waals surface area contributed by atoms with Gasteiger partial charge in [0.05, 0.1) is 28.4 Å². The van der Waals surface area contributed by atoms with E-state index < -0.39 is 10.0 Å². The van der Waals surface area contributed by atoms with Crippen LogP contribution in [-0.4, -0.2) is 48.3 Å². The van der Waals surface area contributed by atoms with Gasteiger partial charge >= 0.3 is 0 Å². The number of fused-ring (bicyclic) bond motifs is 1. The number of thiazole rings is 1. The fourth-order valence-corrected chi connectivity index (χ4v) is 7.09. The number of anilines is 1. The van der Waals surface area contributed by atoms with Crippen LogP contribution >= 0.6 is 11.3 Å². The van der Waals surface area contributed by atoms with Crippen LogP contribution in [0.1, 0.15) is 50.7 Å². The summed E-state index contributed by atoms with van der Waals surface area (Å²) in [5, 5.41) is 0.509. The maximum Gasteiger partial charge on any atom is 0.260 e. The second-order valence-corrected chi connectivity index (χ2v) is 13.3. The van der Waals surface area contributed by atoms with Crippen molar-refractivity contribution in [3.05, 3.63) is 78.1 Å². The largest absolute Gasteiger partial charge is 0.492 e. The number of sulfonamides is 1. The highest BCUT2D eigenvalue weighted by Gasteiger charge is 2.27. The number of rotatable bonds is 12. The van der Waals surface area contributed by atoms with Crippen molar-refractivity contribution in [2.45, 2.75) is 46.1 Å². The fraction of sp³-hybridized carbons (Fsp3) is 0.367. The highest BCUT2D eigenvalue weighted by Crippen LogP contribution is 2.35. The number of benzene rings is 2. The Bertz CT molecular complexity index is 1530. The number of hydrogen-bond donors (Lipinski definition) is 0. The molecule has 1 amide bonds. The molecular formula is C30H36N4O4S2. The predicted octanol–water partition coefficient (Wildman–Crippen LogP) is 6.24. The lowest BCUT2D eigenvalue weighted by atomic mass is 10.2. The van der Waals surface area contributed by atoms with E-state index in [-0.39, 0.29) is 29.2 Å². The summed E-state index contributed by atoms with van der Waals surface area (Å²) in [6.07, 6.45) is 1.68. The van der Waals surface area contributed by atoms with E-state index in [1.807, 2.05) is 71.0 Å². The topological polar surface area (TPSA) is 92.7 Å². The van der Waals surface area contributed by atoms with Crippen molar-refractivity contribution in [2.24, 2.45) is 11.8 Å². The summed E-state index contributed by atoms with van der Waals surface area (Å²) in [6, 6.07) is 17.4. The monoisotopic (exact) mass is 580 g/mol. The van der Waals surface area contributed by atoms with Gasteiger partial charge in [0.25, 0.3) is 5.91 Å². The number of carbonyl (C=O) groups is 1. The van der Waals surface area contributed by atoms with E-state index in [4.69, 9.17) is 9.72 Å². The van der Waals surface area contributed by atoms with Gasteiger partial charge in [-0.3, -0.25) is 14.7 Å². The fourth-order valence-electron chi connectivity index (χ4n) is 4.34. The van der Waals surface area contributed by atoms with Crippen molar-refractivity contribution in [1.29, 1.82) is 0 Å². The molecule has 212 valence electrons. The van der Waals surface area contributed by atoms with Gasteiger partial charge in [0.15, 0.2) is 5.13 Å². The van der Waals surface area contributed by atoms with Crippen molar-refractivity contribution in [2.75, 3.05) is 24.6 Å². The van der Waals surface area contributed by atoms with Crippen LogP contribution in [0.3, 0.4) is 0 Å². The number of carbonyl (C=O) groups excluding carboxylic acids is 1. The summed E-state index contributed by atoms with van der Waals surface area (Å²) < 4.78 is 35.1. The first-order valence-electron chi connectivity index (χ1n) is 13.4. The molecule has 4 aromatic rings. The van der Waals surface area contributed by atoms with Crippen LogP contribution in [0.25, 0.3) is 10.2 Å². The van der Waals surface area contributed by atoms with E-state index in [2.05, 4.69) is 4.98 Å². The highest BCUT2D eigenvalue weighted by molar-refractivity contribution is 7.89. The lowest BCUT2D eigenvalue weighted by molar-refractivity contribution is 0.0984. The third-order valence-electron chi connectivity index (χ3n) is 6.07. The van der Waals surface area contributed by atoms with Crippen LogP contribution in [0.4, 0.5) is 5.13 Å². The van der Waals surface area contributed by atoms with Crippen molar-refractivity contribution in [3.63, 3.8) is 0 Å². The van der Waals surface area contributed by atoms with Gasteiger partial charge in [-0.2, -0.15) is 4.31 Å².